The van der Waals surface area contributed by atoms with Gasteiger partial charge in [-0.05, 0) is 19.4 Å². The molecule has 0 radical (unpaired) electrons. The zero-order valence-corrected chi connectivity index (χ0v) is 11.7. The largest absolute Gasteiger partial charge is 0.362 e. The number of aromatic nitrogens is 4. The first-order valence-electron chi connectivity index (χ1n) is 7.05. The number of nitrogens with one attached hydrogen (secondary N) is 2. The van der Waals surface area contributed by atoms with E-state index in [1.807, 2.05) is 30.2 Å². The van der Waals surface area contributed by atoms with Crippen LogP contribution in [0.2, 0.25) is 0 Å². The van der Waals surface area contributed by atoms with Gasteiger partial charge in [0.15, 0.2) is 0 Å². The molecule has 20 heavy (non-hydrogen) atoms. The van der Waals surface area contributed by atoms with Gasteiger partial charge in [0.05, 0.1) is 24.6 Å². The molecule has 1 saturated heterocycles. The lowest BCUT2D eigenvalue weighted by atomic mass is 9.97. The predicted molar refractivity (Wildman–Crippen MR) is 77.4 cm³/mol. The van der Waals surface area contributed by atoms with E-state index in [9.17, 15) is 0 Å². The Hall–Kier alpha value is -1.95. The maximum Gasteiger partial charge on any atom is 0.144 e. The molecule has 0 bridgehead atoms. The number of hydrogen-bond donors (Lipinski definition) is 2. The lowest BCUT2D eigenvalue weighted by molar-refractivity contribution is 0.454. The quantitative estimate of drug-likeness (QED) is 0.878. The average Bonchev–Trinajstić information content (AvgIpc) is 2.92. The minimum Gasteiger partial charge on any atom is -0.362 e. The van der Waals surface area contributed by atoms with Gasteiger partial charge in [0.2, 0.25) is 0 Å². The molecule has 2 aromatic rings. The summed E-state index contributed by atoms with van der Waals surface area (Å²) in [5.74, 6) is 2.27. The molecule has 1 fully saturated rings. The highest BCUT2D eigenvalue weighted by Crippen LogP contribution is 2.21. The van der Waals surface area contributed by atoms with Gasteiger partial charge in [0, 0.05) is 31.9 Å². The molecule has 1 aliphatic heterocycles. The van der Waals surface area contributed by atoms with Gasteiger partial charge < -0.3 is 15.2 Å². The van der Waals surface area contributed by atoms with Crippen molar-refractivity contribution in [3.05, 3.63) is 36.3 Å². The highest BCUT2D eigenvalue weighted by molar-refractivity contribution is 5.31. The summed E-state index contributed by atoms with van der Waals surface area (Å²) >= 11 is 0. The molecule has 1 unspecified atom stereocenters. The Balaban J connectivity index is 1.59. The molecule has 2 N–H and O–H groups in total. The van der Waals surface area contributed by atoms with Crippen LogP contribution in [0.1, 0.15) is 30.3 Å². The summed E-state index contributed by atoms with van der Waals surface area (Å²) in [6.07, 6.45) is 9.84. The van der Waals surface area contributed by atoms with Gasteiger partial charge in [0.25, 0.3) is 0 Å². The van der Waals surface area contributed by atoms with Crippen LogP contribution in [-0.2, 0) is 13.6 Å². The van der Waals surface area contributed by atoms with Gasteiger partial charge >= 0.3 is 0 Å². The summed E-state index contributed by atoms with van der Waals surface area (Å²) in [5, 5.41) is 6.65. The summed E-state index contributed by atoms with van der Waals surface area (Å²) in [4.78, 5) is 13.2. The van der Waals surface area contributed by atoms with Gasteiger partial charge in [-0.1, -0.05) is 0 Å². The molecule has 6 nitrogen and oxygen atoms in total. The van der Waals surface area contributed by atoms with Gasteiger partial charge in [0.1, 0.15) is 11.6 Å². The van der Waals surface area contributed by atoms with Crippen molar-refractivity contribution in [3.8, 4) is 0 Å². The van der Waals surface area contributed by atoms with E-state index in [1.165, 1.54) is 12.8 Å². The van der Waals surface area contributed by atoms with E-state index in [4.69, 9.17) is 0 Å². The van der Waals surface area contributed by atoms with Crippen molar-refractivity contribution in [1.29, 1.82) is 0 Å². The normalized spacial score (nSPS) is 18.9. The van der Waals surface area contributed by atoms with Crippen molar-refractivity contribution in [3.63, 3.8) is 0 Å². The Labute approximate surface area is 118 Å². The van der Waals surface area contributed by atoms with Crippen molar-refractivity contribution in [2.45, 2.75) is 25.3 Å². The fourth-order valence-electron chi connectivity index (χ4n) is 2.48. The maximum absolute atomic E-state index is 4.53. The van der Waals surface area contributed by atoms with E-state index >= 15 is 0 Å². The molecule has 0 aliphatic carbocycles. The Kier molecular flexibility index (Phi) is 3.92. The molecule has 3 rings (SSSR count). The van der Waals surface area contributed by atoms with E-state index in [1.54, 1.807) is 6.20 Å². The van der Waals surface area contributed by atoms with Gasteiger partial charge in [-0.15, -0.1) is 0 Å². The van der Waals surface area contributed by atoms with Crippen LogP contribution < -0.4 is 10.6 Å². The fourth-order valence-corrected chi connectivity index (χ4v) is 2.48. The minimum absolute atomic E-state index is 0.500. The molecule has 6 heteroatoms. The Morgan fingerprint density at radius 2 is 2.30 bits per heavy atom. The first-order valence-corrected chi connectivity index (χ1v) is 7.05. The number of anilines is 1. The van der Waals surface area contributed by atoms with Crippen LogP contribution in [0.3, 0.4) is 0 Å². The van der Waals surface area contributed by atoms with Crippen LogP contribution in [0.25, 0.3) is 0 Å². The summed E-state index contributed by atoms with van der Waals surface area (Å²) < 4.78 is 1.99. The molecule has 0 saturated carbocycles. The van der Waals surface area contributed by atoms with Crippen LogP contribution in [0, 0.1) is 0 Å². The van der Waals surface area contributed by atoms with E-state index in [-0.39, 0.29) is 0 Å². The van der Waals surface area contributed by atoms with Crippen molar-refractivity contribution in [2.24, 2.45) is 7.05 Å². The van der Waals surface area contributed by atoms with Crippen LogP contribution in [-0.4, -0.2) is 32.6 Å². The molecule has 0 amide bonds. The first-order chi connectivity index (χ1) is 9.83. The van der Waals surface area contributed by atoms with Crippen LogP contribution >= 0.6 is 0 Å². The van der Waals surface area contributed by atoms with Gasteiger partial charge in [-0.2, -0.15) is 0 Å². The Bertz CT molecular complexity index is 541. The fraction of sp³-hybridized carbons (Fsp3) is 0.500. The predicted octanol–water partition coefficient (Wildman–Crippen LogP) is 1.29. The third kappa shape index (κ3) is 2.96. The lowest BCUT2D eigenvalue weighted by Gasteiger charge is -2.21. The number of rotatable bonds is 4. The maximum atomic E-state index is 4.53. The minimum atomic E-state index is 0.500. The monoisotopic (exact) mass is 272 g/mol. The van der Waals surface area contributed by atoms with Crippen LogP contribution in [0.5, 0.6) is 0 Å². The SMILES string of the molecule is Cn1ccnc1CNc1cnc(C2CCCNC2)cn1. The molecule has 106 valence electrons. The third-order valence-corrected chi connectivity index (χ3v) is 3.74. The summed E-state index contributed by atoms with van der Waals surface area (Å²) in [5.41, 5.74) is 1.08. The molecule has 1 atom stereocenters. The van der Waals surface area contributed by atoms with Gasteiger partial charge in [-0.3, -0.25) is 4.98 Å². The second-order valence-electron chi connectivity index (χ2n) is 5.18. The van der Waals surface area contributed by atoms with Crippen molar-refractivity contribution in [1.82, 2.24) is 24.8 Å². The van der Waals surface area contributed by atoms with Crippen molar-refractivity contribution >= 4 is 5.82 Å². The highest BCUT2D eigenvalue weighted by atomic mass is 15.1. The second-order valence-corrected chi connectivity index (χ2v) is 5.18. The zero-order valence-electron chi connectivity index (χ0n) is 11.7. The summed E-state index contributed by atoms with van der Waals surface area (Å²) in [6, 6.07) is 0. The zero-order chi connectivity index (χ0) is 13.8. The number of hydrogen-bond acceptors (Lipinski definition) is 5. The Morgan fingerprint density at radius 1 is 1.35 bits per heavy atom. The van der Waals surface area contributed by atoms with E-state index in [0.717, 1.165) is 30.4 Å². The standard InChI is InChI=1S/C14H20N6/c1-20-6-5-16-14(20)10-19-13-9-17-12(8-18-13)11-3-2-4-15-7-11/h5-6,8-9,11,15H,2-4,7,10H2,1H3,(H,18,19). The third-order valence-electron chi connectivity index (χ3n) is 3.74. The smallest absolute Gasteiger partial charge is 0.144 e. The topological polar surface area (TPSA) is 67.7 Å². The number of imidazole rings is 1. The number of piperidine rings is 1. The molecule has 0 aromatic carbocycles. The molecule has 3 heterocycles. The summed E-state index contributed by atoms with van der Waals surface area (Å²) in [7, 11) is 1.98. The molecular weight excluding hydrogens is 252 g/mol. The average molecular weight is 272 g/mol. The summed E-state index contributed by atoms with van der Waals surface area (Å²) in [6.45, 7) is 2.78. The molecule has 2 aromatic heterocycles. The van der Waals surface area contributed by atoms with E-state index < -0.39 is 0 Å². The van der Waals surface area contributed by atoms with Crippen molar-refractivity contribution in [2.75, 3.05) is 18.4 Å². The molecule has 0 spiro atoms. The molecule has 1 aliphatic rings. The van der Waals surface area contributed by atoms with E-state index in [2.05, 4.69) is 25.6 Å². The van der Waals surface area contributed by atoms with Crippen LogP contribution in [0.4, 0.5) is 5.82 Å². The van der Waals surface area contributed by atoms with Crippen molar-refractivity contribution < 1.29 is 0 Å². The highest BCUT2D eigenvalue weighted by Gasteiger charge is 2.16. The molecular formula is C14H20N6. The van der Waals surface area contributed by atoms with Gasteiger partial charge in [-0.25, -0.2) is 9.97 Å². The van der Waals surface area contributed by atoms with E-state index in [0.29, 0.717) is 12.5 Å². The number of nitrogens with zero attached hydrogens (tertiary/aromatic N) is 4. The second kappa shape index (κ2) is 6.00. The van der Waals surface area contributed by atoms with Crippen LogP contribution in [0.15, 0.2) is 24.8 Å². The Morgan fingerprint density at radius 3 is 2.95 bits per heavy atom. The lowest BCUT2D eigenvalue weighted by Crippen LogP contribution is -2.28. The first kappa shape index (κ1) is 13.1. The number of aryl methyl sites for hydroxylation is 1.